The van der Waals surface area contributed by atoms with Gasteiger partial charge < -0.3 is 10.5 Å². The molecule has 0 fully saturated rings. The van der Waals surface area contributed by atoms with E-state index in [2.05, 4.69) is 32.0 Å². The van der Waals surface area contributed by atoms with Gasteiger partial charge in [0.05, 0.1) is 6.10 Å². The van der Waals surface area contributed by atoms with Gasteiger partial charge in [0.25, 0.3) is 0 Å². The van der Waals surface area contributed by atoms with E-state index in [9.17, 15) is 0 Å². The number of ether oxygens (including phenoxy) is 1. The van der Waals surface area contributed by atoms with Crippen molar-refractivity contribution in [2.24, 2.45) is 5.73 Å². The van der Waals surface area contributed by atoms with Crippen LogP contribution in [0.5, 0.6) is 5.75 Å². The zero-order chi connectivity index (χ0) is 12.3. The topological polar surface area (TPSA) is 35.2 Å². The molecule has 2 N–H and O–H groups in total. The highest BCUT2D eigenvalue weighted by Gasteiger charge is 2.15. The number of benzene rings is 1. The number of fused-ring (bicyclic) bond motifs is 1. The normalized spacial score (nSPS) is 21.2. The Hall–Kier alpha value is -1.02. The van der Waals surface area contributed by atoms with Gasteiger partial charge in [-0.25, -0.2) is 0 Å². The molecule has 0 aromatic heterocycles. The molecule has 0 amide bonds. The van der Waals surface area contributed by atoms with Crippen molar-refractivity contribution in [3.8, 4) is 5.75 Å². The van der Waals surface area contributed by atoms with Crippen molar-refractivity contribution >= 4 is 0 Å². The van der Waals surface area contributed by atoms with E-state index in [4.69, 9.17) is 10.5 Å². The summed E-state index contributed by atoms with van der Waals surface area (Å²) in [7, 11) is 0. The van der Waals surface area contributed by atoms with Crippen LogP contribution in [0.4, 0.5) is 0 Å². The smallest absolute Gasteiger partial charge is 0.122 e. The Morgan fingerprint density at radius 1 is 1.47 bits per heavy atom. The van der Waals surface area contributed by atoms with Crippen LogP contribution in [0.15, 0.2) is 18.2 Å². The highest BCUT2D eigenvalue weighted by Crippen LogP contribution is 2.30. The summed E-state index contributed by atoms with van der Waals surface area (Å²) in [6, 6.07) is 6.64. The third-order valence-electron chi connectivity index (χ3n) is 3.64. The van der Waals surface area contributed by atoms with Crippen LogP contribution >= 0.6 is 0 Å². The average Bonchev–Trinajstić information content (AvgIpc) is 2.49. The summed E-state index contributed by atoms with van der Waals surface area (Å²) >= 11 is 0. The Morgan fingerprint density at radius 2 is 2.29 bits per heavy atom. The van der Waals surface area contributed by atoms with Crippen molar-refractivity contribution in [2.75, 3.05) is 6.54 Å². The van der Waals surface area contributed by atoms with E-state index in [-0.39, 0.29) is 0 Å². The third-order valence-corrected chi connectivity index (χ3v) is 3.64. The second kappa shape index (κ2) is 5.54. The highest BCUT2D eigenvalue weighted by atomic mass is 16.5. The van der Waals surface area contributed by atoms with Crippen molar-refractivity contribution in [3.05, 3.63) is 29.3 Å². The van der Waals surface area contributed by atoms with Gasteiger partial charge in [0.15, 0.2) is 0 Å². The van der Waals surface area contributed by atoms with E-state index in [1.54, 1.807) is 0 Å². The van der Waals surface area contributed by atoms with Crippen LogP contribution in [-0.2, 0) is 6.42 Å². The fraction of sp³-hybridized carbons (Fsp3) is 0.600. The number of aryl methyl sites for hydroxylation is 1. The van der Waals surface area contributed by atoms with Crippen LogP contribution in [0.25, 0.3) is 0 Å². The molecule has 0 saturated heterocycles. The molecular weight excluding hydrogens is 210 g/mol. The lowest BCUT2D eigenvalue weighted by atomic mass is 9.94. The molecule has 94 valence electrons. The van der Waals surface area contributed by atoms with E-state index in [1.165, 1.54) is 17.5 Å². The first-order chi connectivity index (χ1) is 8.20. The first-order valence-electron chi connectivity index (χ1n) is 6.70. The summed E-state index contributed by atoms with van der Waals surface area (Å²) in [5.41, 5.74) is 8.39. The third kappa shape index (κ3) is 3.01. The molecule has 17 heavy (non-hydrogen) atoms. The largest absolute Gasteiger partial charge is 0.490 e. The van der Waals surface area contributed by atoms with Gasteiger partial charge in [0, 0.05) is 0 Å². The molecular formula is C15H23NO. The van der Waals surface area contributed by atoms with E-state index in [0.29, 0.717) is 12.0 Å². The SMILES string of the molecule is CC1CCCc2cc(C(C)CCN)ccc2O1. The quantitative estimate of drug-likeness (QED) is 0.870. The second-order valence-electron chi connectivity index (χ2n) is 5.17. The molecule has 0 spiro atoms. The van der Waals surface area contributed by atoms with Gasteiger partial charge >= 0.3 is 0 Å². The predicted octanol–water partition coefficient (Wildman–Crippen LogP) is 3.24. The molecule has 2 heteroatoms. The van der Waals surface area contributed by atoms with Gasteiger partial charge in [-0.05, 0) is 62.3 Å². The van der Waals surface area contributed by atoms with Gasteiger partial charge in [-0.1, -0.05) is 19.1 Å². The van der Waals surface area contributed by atoms with E-state index < -0.39 is 0 Å². The maximum atomic E-state index is 5.93. The summed E-state index contributed by atoms with van der Waals surface area (Å²) < 4.78 is 5.93. The molecule has 2 rings (SSSR count). The molecule has 0 saturated carbocycles. The summed E-state index contributed by atoms with van der Waals surface area (Å²) in [4.78, 5) is 0. The molecule has 1 heterocycles. The molecule has 0 bridgehead atoms. The first kappa shape index (κ1) is 12.4. The van der Waals surface area contributed by atoms with Crippen molar-refractivity contribution in [3.63, 3.8) is 0 Å². The predicted molar refractivity (Wildman–Crippen MR) is 71.6 cm³/mol. The number of nitrogens with two attached hydrogens (primary N) is 1. The lowest BCUT2D eigenvalue weighted by molar-refractivity contribution is 0.216. The van der Waals surface area contributed by atoms with Crippen LogP contribution in [0.2, 0.25) is 0 Å². The van der Waals surface area contributed by atoms with Crippen molar-refractivity contribution in [1.82, 2.24) is 0 Å². The van der Waals surface area contributed by atoms with E-state index in [0.717, 1.165) is 31.6 Å². The van der Waals surface area contributed by atoms with Gasteiger partial charge in [-0.15, -0.1) is 0 Å². The zero-order valence-electron chi connectivity index (χ0n) is 10.9. The Morgan fingerprint density at radius 3 is 3.06 bits per heavy atom. The summed E-state index contributed by atoms with van der Waals surface area (Å²) in [5.74, 6) is 1.63. The lowest BCUT2D eigenvalue weighted by Gasteiger charge is -2.16. The average molecular weight is 233 g/mol. The minimum Gasteiger partial charge on any atom is -0.490 e. The molecule has 0 aliphatic carbocycles. The number of hydrogen-bond donors (Lipinski definition) is 1. The molecule has 1 aliphatic rings. The van der Waals surface area contributed by atoms with Crippen LogP contribution in [-0.4, -0.2) is 12.6 Å². The molecule has 1 aromatic carbocycles. The molecule has 2 nitrogen and oxygen atoms in total. The number of hydrogen-bond acceptors (Lipinski definition) is 2. The Kier molecular flexibility index (Phi) is 4.06. The molecule has 2 atom stereocenters. The molecule has 1 aliphatic heterocycles. The summed E-state index contributed by atoms with van der Waals surface area (Å²) in [6.45, 7) is 5.15. The standard InChI is InChI=1S/C15H23NO/c1-11(8-9-16)13-6-7-15-14(10-13)5-3-4-12(2)17-15/h6-7,10-12H,3-5,8-9,16H2,1-2H3. The van der Waals surface area contributed by atoms with Crippen molar-refractivity contribution in [1.29, 1.82) is 0 Å². The van der Waals surface area contributed by atoms with Crippen LogP contribution in [0.1, 0.15) is 50.2 Å². The maximum absolute atomic E-state index is 5.93. The monoisotopic (exact) mass is 233 g/mol. The van der Waals surface area contributed by atoms with Gasteiger partial charge in [0.1, 0.15) is 5.75 Å². The van der Waals surface area contributed by atoms with Crippen molar-refractivity contribution < 1.29 is 4.74 Å². The van der Waals surface area contributed by atoms with Crippen LogP contribution in [0.3, 0.4) is 0 Å². The van der Waals surface area contributed by atoms with E-state index >= 15 is 0 Å². The van der Waals surface area contributed by atoms with Gasteiger partial charge in [-0.3, -0.25) is 0 Å². The van der Waals surface area contributed by atoms with E-state index in [1.807, 2.05) is 0 Å². The van der Waals surface area contributed by atoms with Gasteiger partial charge in [0.2, 0.25) is 0 Å². The molecule has 0 radical (unpaired) electrons. The van der Waals surface area contributed by atoms with Crippen LogP contribution < -0.4 is 10.5 Å². The second-order valence-corrected chi connectivity index (χ2v) is 5.17. The zero-order valence-corrected chi connectivity index (χ0v) is 10.9. The Bertz CT molecular complexity index is 375. The number of rotatable bonds is 3. The summed E-state index contributed by atoms with van der Waals surface area (Å²) in [5, 5.41) is 0. The minimum atomic E-state index is 0.351. The maximum Gasteiger partial charge on any atom is 0.122 e. The fourth-order valence-corrected chi connectivity index (χ4v) is 2.49. The lowest BCUT2D eigenvalue weighted by Crippen LogP contribution is -2.09. The van der Waals surface area contributed by atoms with Crippen LogP contribution in [0, 0.1) is 0 Å². The molecule has 2 unspecified atom stereocenters. The summed E-state index contributed by atoms with van der Waals surface area (Å²) in [6.07, 6.45) is 4.92. The highest BCUT2D eigenvalue weighted by molar-refractivity contribution is 5.39. The first-order valence-corrected chi connectivity index (χ1v) is 6.70. The minimum absolute atomic E-state index is 0.351. The fourth-order valence-electron chi connectivity index (χ4n) is 2.49. The van der Waals surface area contributed by atoms with Gasteiger partial charge in [-0.2, -0.15) is 0 Å². The Labute approximate surface area is 104 Å². The van der Waals surface area contributed by atoms with Crippen molar-refractivity contribution in [2.45, 2.75) is 51.6 Å². The molecule has 1 aromatic rings. The Balaban J connectivity index is 2.21.